The van der Waals surface area contributed by atoms with Gasteiger partial charge in [-0.05, 0) is 64.1 Å². The van der Waals surface area contributed by atoms with Gasteiger partial charge in [0.05, 0.1) is 30.8 Å². The molecule has 208 valence electrons. The molecule has 1 aromatic carbocycles. The Morgan fingerprint density at radius 3 is 2.42 bits per heavy atom. The lowest BCUT2D eigenvalue weighted by molar-refractivity contribution is 0.0982. The minimum Gasteiger partial charge on any atom is -0.494 e. The number of piperazine rings is 1. The SMILES string of the molecule is CCc1ncc(Nc2ccc(N3CCC(N4CCN(C)CC4)CC3)cc2OC)nc1N[C@H]1CC[C@H](O)CC1. The number of ether oxygens (including phenoxy) is 1. The predicted octanol–water partition coefficient (Wildman–Crippen LogP) is 3.72. The number of rotatable bonds is 8. The van der Waals surface area contributed by atoms with Gasteiger partial charge in [0.1, 0.15) is 11.6 Å². The number of benzene rings is 1. The molecule has 3 heterocycles. The molecule has 2 aliphatic heterocycles. The van der Waals surface area contributed by atoms with E-state index in [2.05, 4.69) is 62.5 Å². The molecule has 2 saturated heterocycles. The Kier molecular flexibility index (Phi) is 8.86. The van der Waals surface area contributed by atoms with E-state index in [1.165, 1.54) is 44.7 Å². The second-order valence-electron chi connectivity index (χ2n) is 11.1. The molecule has 0 amide bonds. The average molecular weight is 524 g/mol. The molecule has 1 aliphatic carbocycles. The monoisotopic (exact) mass is 523 g/mol. The molecular weight excluding hydrogens is 478 g/mol. The van der Waals surface area contributed by atoms with Gasteiger partial charge >= 0.3 is 0 Å². The number of anilines is 4. The third-order valence-electron chi connectivity index (χ3n) is 8.55. The highest BCUT2D eigenvalue weighted by atomic mass is 16.5. The number of nitrogens with one attached hydrogen (secondary N) is 2. The number of aliphatic hydroxyl groups is 1. The highest BCUT2D eigenvalue weighted by Gasteiger charge is 2.27. The zero-order chi connectivity index (χ0) is 26.5. The molecule has 0 radical (unpaired) electrons. The summed E-state index contributed by atoms with van der Waals surface area (Å²) in [5.41, 5.74) is 3.05. The van der Waals surface area contributed by atoms with Crippen molar-refractivity contribution in [2.24, 2.45) is 0 Å². The number of aliphatic hydroxyl groups excluding tert-OH is 1. The first-order valence-corrected chi connectivity index (χ1v) is 14.5. The van der Waals surface area contributed by atoms with Crippen molar-refractivity contribution in [3.05, 3.63) is 30.1 Å². The second kappa shape index (κ2) is 12.5. The third-order valence-corrected chi connectivity index (χ3v) is 8.55. The van der Waals surface area contributed by atoms with E-state index in [1.807, 2.05) is 0 Å². The van der Waals surface area contributed by atoms with E-state index >= 15 is 0 Å². The number of aromatic nitrogens is 2. The van der Waals surface area contributed by atoms with Gasteiger partial charge in [0.25, 0.3) is 0 Å². The molecular formula is C29H45N7O2. The van der Waals surface area contributed by atoms with E-state index < -0.39 is 0 Å². The van der Waals surface area contributed by atoms with Crippen LogP contribution in [0.15, 0.2) is 24.4 Å². The Labute approximate surface area is 227 Å². The summed E-state index contributed by atoms with van der Waals surface area (Å²) in [4.78, 5) is 17.2. The first-order valence-electron chi connectivity index (χ1n) is 14.5. The van der Waals surface area contributed by atoms with E-state index in [9.17, 15) is 5.11 Å². The van der Waals surface area contributed by atoms with Crippen LogP contribution in [0.1, 0.15) is 51.1 Å². The Morgan fingerprint density at radius 1 is 1.00 bits per heavy atom. The summed E-state index contributed by atoms with van der Waals surface area (Å²) in [5, 5.41) is 16.9. The molecule has 0 bridgehead atoms. The third kappa shape index (κ3) is 6.50. The lowest BCUT2D eigenvalue weighted by atomic mass is 9.93. The van der Waals surface area contributed by atoms with Gasteiger partial charge in [-0.3, -0.25) is 9.88 Å². The average Bonchev–Trinajstić information content (AvgIpc) is 2.95. The maximum atomic E-state index is 9.84. The van der Waals surface area contributed by atoms with Crippen LogP contribution in [0.5, 0.6) is 5.75 Å². The first kappa shape index (κ1) is 27.0. The number of likely N-dealkylation sites (N-methyl/N-ethyl adjacent to an activating group) is 1. The van der Waals surface area contributed by atoms with Crippen LogP contribution in [0.4, 0.5) is 23.0 Å². The van der Waals surface area contributed by atoms with Gasteiger partial charge in [-0.25, -0.2) is 4.98 Å². The first-order chi connectivity index (χ1) is 18.5. The fourth-order valence-corrected chi connectivity index (χ4v) is 6.06. The second-order valence-corrected chi connectivity index (χ2v) is 11.1. The summed E-state index contributed by atoms with van der Waals surface area (Å²) in [5.74, 6) is 2.33. The van der Waals surface area contributed by atoms with Crippen LogP contribution in [0.2, 0.25) is 0 Å². The Hall–Kier alpha value is -2.62. The Balaban J connectivity index is 1.22. The minimum absolute atomic E-state index is 0.170. The van der Waals surface area contributed by atoms with Crippen molar-refractivity contribution >= 4 is 23.0 Å². The van der Waals surface area contributed by atoms with Gasteiger partial charge in [-0.1, -0.05) is 6.92 Å². The maximum absolute atomic E-state index is 9.84. The zero-order valence-electron chi connectivity index (χ0n) is 23.3. The number of hydrogen-bond donors (Lipinski definition) is 3. The fourth-order valence-electron chi connectivity index (χ4n) is 6.06. The van der Waals surface area contributed by atoms with Crippen molar-refractivity contribution in [2.75, 3.05) is 69.0 Å². The Bertz CT molecular complexity index is 1040. The molecule has 0 spiro atoms. The topological polar surface area (TPSA) is 89.0 Å². The number of hydrogen-bond acceptors (Lipinski definition) is 9. The molecule has 1 aromatic heterocycles. The number of piperidine rings is 1. The largest absolute Gasteiger partial charge is 0.494 e. The minimum atomic E-state index is -0.170. The van der Waals surface area contributed by atoms with Crippen molar-refractivity contribution in [3.63, 3.8) is 0 Å². The standard InChI is InChI=1S/C29H45N7O2/c1-4-25-29(31-21-5-8-24(37)9-6-21)33-28(20-30-25)32-26-10-7-23(19-27(26)38-3)35-13-11-22(12-14-35)36-17-15-34(2)16-18-36/h7,10,19-22,24,37H,4-6,8-9,11-18H2,1-3H3,(H2,31,32,33)/t21-,24-. The molecule has 0 atom stereocenters. The van der Waals surface area contributed by atoms with Gasteiger partial charge in [-0.2, -0.15) is 0 Å². The maximum Gasteiger partial charge on any atom is 0.151 e. The molecule has 9 nitrogen and oxygen atoms in total. The predicted molar refractivity (Wildman–Crippen MR) is 154 cm³/mol. The lowest BCUT2D eigenvalue weighted by Crippen LogP contribution is -2.52. The molecule has 9 heteroatoms. The normalized spacial score (nSPS) is 23.8. The van der Waals surface area contributed by atoms with E-state index in [0.29, 0.717) is 17.9 Å². The highest BCUT2D eigenvalue weighted by Crippen LogP contribution is 2.34. The van der Waals surface area contributed by atoms with Gasteiger partial charge < -0.3 is 30.3 Å². The van der Waals surface area contributed by atoms with Gasteiger partial charge in [0.15, 0.2) is 5.82 Å². The van der Waals surface area contributed by atoms with Gasteiger partial charge in [0, 0.05) is 63.1 Å². The Morgan fingerprint density at radius 2 is 1.74 bits per heavy atom. The quantitative estimate of drug-likeness (QED) is 0.479. The van der Waals surface area contributed by atoms with Crippen molar-refractivity contribution < 1.29 is 9.84 Å². The van der Waals surface area contributed by atoms with E-state index in [-0.39, 0.29) is 6.10 Å². The summed E-state index contributed by atoms with van der Waals surface area (Å²) in [6.45, 7) is 8.99. The number of nitrogens with zero attached hydrogens (tertiary/aromatic N) is 5. The number of aryl methyl sites for hydroxylation is 1. The number of methoxy groups -OCH3 is 1. The zero-order valence-corrected chi connectivity index (χ0v) is 23.3. The van der Waals surface area contributed by atoms with E-state index in [4.69, 9.17) is 9.72 Å². The van der Waals surface area contributed by atoms with Crippen molar-refractivity contribution in [1.29, 1.82) is 0 Å². The molecule has 3 N–H and O–H groups in total. The summed E-state index contributed by atoms with van der Waals surface area (Å²) in [6, 6.07) is 7.43. The molecule has 3 fully saturated rings. The summed E-state index contributed by atoms with van der Waals surface area (Å²) in [6.07, 6.45) is 8.43. The molecule has 5 rings (SSSR count). The fraction of sp³-hybridized carbons (Fsp3) is 0.655. The van der Waals surface area contributed by atoms with Crippen molar-refractivity contribution in [2.45, 2.75) is 70.1 Å². The smallest absolute Gasteiger partial charge is 0.151 e. The van der Waals surface area contributed by atoms with E-state index in [1.54, 1.807) is 13.3 Å². The van der Waals surface area contributed by atoms with Crippen LogP contribution < -0.4 is 20.3 Å². The van der Waals surface area contributed by atoms with Crippen LogP contribution in [-0.4, -0.2) is 96.5 Å². The van der Waals surface area contributed by atoms with Crippen LogP contribution in [-0.2, 0) is 6.42 Å². The van der Waals surface area contributed by atoms with Crippen molar-refractivity contribution in [1.82, 2.24) is 19.8 Å². The van der Waals surface area contributed by atoms with Gasteiger partial charge in [0.2, 0.25) is 0 Å². The summed E-state index contributed by atoms with van der Waals surface area (Å²) < 4.78 is 5.79. The molecule has 2 aromatic rings. The summed E-state index contributed by atoms with van der Waals surface area (Å²) in [7, 11) is 3.94. The van der Waals surface area contributed by atoms with Crippen molar-refractivity contribution in [3.8, 4) is 5.75 Å². The molecule has 3 aliphatic rings. The highest BCUT2D eigenvalue weighted by molar-refractivity contribution is 5.69. The van der Waals surface area contributed by atoms with Crippen LogP contribution in [0, 0.1) is 0 Å². The van der Waals surface area contributed by atoms with E-state index in [0.717, 1.165) is 68.1 Å². The van der Waals surface area contributed by atoms with Crippen LogP contribution >= 0.6 is 0 Å². The van der Waals surface area contributed by atoms with Gasteiger partial charge in [-0.15, -0.1) is 0 Å². The van der Waals surface area contributed by atoms with Crippen LogP contribution in [0.3, 0.4) is 0 Å². The lowest BCUT2D eigenvalue weighted by Gasteiger charge is -2.42. The summed E-state index contributed by atoms with van der Waals surface area (Å²) >= 11 is 0. The molecule has 38 heavy (non-hydrogen) atoms. The molecule has 1 saturated carbocycles. The molecule has 0 unspecified atom stereocenters. The van der Waals surface area contributed by atoms with Crippen LogP contribution in [0.25, 0.3) is 0 Å².